The standard InChI is InChI=1S/C20H21NO5/c1-14-2-6-16(7-3-14)26-17-8-4-15(5-9-17)21-18(22)20(19(23)24)10-12-25-13-11-20/h2-9H,10-13H2,1H3,(H,21,22)(H,23,24). The van der Waals surface area contributed by atoms with Gasteiger partial charge in [0.25, 0.3) is 0 Å². The molecule has 0 aliphatic carbocycles. The van der Waals surface area contributed by atoms with E-state index in [0.717, 1.165) is 11.3 Å². The molecule has 6 nitrogen and oxygen atoms in total. The highest BCUT2D eigenvalue weighted by Crippen LogP contribution is 2.33. The fourth-order valence-corrected chi connectivity index (χ4v) is 2.86. The van der Waals surface area contributed by atoms with Gasteiger partial charge in [-0.25, -0.2) is 0 Å². The summed E-state index contributed by atoms with van der Waals surface area (Å²) < 4.78 is 10.9. The number of anilines is 1. The van der Waals surface area contributed by atoms with Gasteiger partial charge in [0.1, 0.15) is 11.5 Å². The van der Waals surface area contributed by atoms with E-state index in [-0.39, 0.29) is 26.1 Å². The summed E-state index contributed by atoms with van der Waals surface area (Å²) in [6, 6.07) is 14.5. The number of benzene rings is 2. The van der Waals surface area contributed by atoms with Crippen LogP contribution in [0.15, 0.2) is 48.5 Å². The molecule has 3 rings (SSSR count). The molecule has 2 aromatic rings. The Morgan fingerprint density at radius 1 is 1.00 bits per heavy atom. The molecular formula is C20H21NO5. The first-order valence-corrected chi connectivity index (χ1v) is 8.47. The monoisotopic (exact) mass is 355 g/mol. The highest BCUT2D eigenvalue weighted by atomic mass is 16.5. The molecule has 2 N–H and O–H groups in total. The van der Waals surface area contributed by atoms with Crippen molar-refractivity contribution >= 4 is 17.6 Å². The summed E-state index contributed by atoms with van der Waals surface area (Å²) in [7, 11) is 0. The second-order valence-electron chi connectivity index (χ2n) is 6.39. The number of aliphatic carboxylic acids is 1. The summed E-state index contributed by atoms with van der Waals surface area (Å²) in [6.07, 6.45) is 0.339. The molecule has 0 saturated carbocycles. The van der Waals surface area contributed by atoms with Crippen LogP contribution in [0, 0.1) is 12.3 Å². The Labute approximate surface area is 151 Å². The van der Waals surface area contributed by atoms with Crippen molar-refractivity contribution in [3.8, 4) is 11.5 Å². The van der Waals surface area contributed by atoms with E-state index < -0.39 is 17.3 Å². The number of carbonyl (C=O) groups is 2. The number of nitrogens with one attached hydrogen (secondary N) is 1. The van der Waals surface area contributed by atoms with Gasteiger partial charge in [0.15, 0.2) is 5.41 Å². The zero-order valence-electron chi connectivity index (χ0n) is 14.5. The first kappa shape index (κ1) is 17.9. The van der Waals surface area contributed by atoms with Crippen LogP contribution in [0.2, 0.25) is 0 Å². The molecular weight excluding hydrogens is 334 g/mol. The maximum absolute atomic E-state index is 12.6. The molecule has 6 heteroatoms. The van der Waals surface area contributed by atoms with Crippen molar-refractivity contribution in [3.63, 3.8) is 0 Å². The third kappa shape index (κ3) is 3.86. The van der Waals surface area contributed by atoms with Gasteiger partial charge in [0.05, 0.1) is 0 Å². The zero-order valence-corrected chi connectivity index (χ0v) is 14.5. The van der Waals surface area contributed by atoms with Crippen molar-refractivity contribution in [2.45, 2.75) is 19.8 Å². The smallest absolute Gasteiger partial charge is 0.319 e. The third-order valence-electron chi connectivity index (χ3n) is 4.56. The van der Waals surface area contributed by atoms with Crippen LogP contribution in [-0.4, -0.2) is 30.2 Å². The van der Waals surface area contributed by atoms with E-state index >= 15 is 0 Å². The van der Waals surface area contributed by atoms with Crippen LogP contribution in [0.3, 0.4) is 0 Å². The molecule has 26 heavy (non-hydrogen) atoms. The van der Waals surface area contributed by atoms with Gasteiger partial charge in [-0.1, -0.05) is 17.7 Å². The lowest BCUT2D eigenvalue weighted by atomic mass is 9.79. The highest BCUT2D eigenvalue weighted by Gasteiger charge is 2.47. The van der Waals surface area contributed by atoms with E-state index in [9.17, 15) is 14.7 Å². The van der Waals surface area contributed by atoms with Crippen molar-refractivity contribution in [3.05, 3.63) is 54.1 Å². The quantitative estimate of drug-likeness (QED) is 0.801. The molecule has 0 spiro atoms. The first-order valence-electron chi connectivity index (χ1n) is 8.47. The number of amides is 1. The third-order valence-corrected chi connectivity index (χ3v) is 4.56. The molecule has 0 aromatic heterocycles. The minimum atomic E-state index is -1.44. The van der Waals surface area contributed by atoms with E-state index in [4.69, 9.17) is 9.47 Å². The molecule has 1 saturated heterocycles. The topological polar surface area (TPSA) is 84.9 Å². The van der Waals surface area contributed by atoms with Crippen LogP contribution in [0.4, 0.5) is 5.69 Å². The summed E-state index contributed by atoms with van der Waals surface area (Å²) in [5.41, 5.74) is 0.240. The number of carboxylic acids is 1. The van der Waals surface area contributed by atoms with E-state index in [0.29, 0.717) is 11.4 Å². The SMILES string of the molecule is Cc1ccc(Oc2ccc(NC(=O)C3(C(=O)O)CCOCC3)cc2)cc1. The zero-order chi connectivity index (χ0) is 18.6. The maximum Gasteiger partial charge on any atom is 0.319 e. The molecule has 0 radical (unpaired) electrons. The van der Waals surface area contributed by atoms with Gasteiger partial charge < -0.3 is 19.9 Å². The highest BCUT2D eigenvalue weighted by molar-refractivity contribution is 6.08. The molecule has 1 fully saturated rings. The number of hydrogen-bond donors (Lipinski definition) is 2. The van der Waals surface area contributed by atoms with Crippen LogP contribution in [-0.2, 0) is 14.3 Å². The van der Waals surface area contributed by atoms with Gasteiger partial charge in [-0.2, -0.15) is 0 Å². The Morgan fingerprint density at radius 3 is 2.08 bits per heavy atom. The minimum absolute atomic E-state index is 0.169. The van der Waals surface area contributed by atoms with E-state index in [2.05, 4.69) is 5.32 Å². The van der Waals surface area contributed by atoms with E-state index in [1.165, 1.54) is 0 Å². The van der Waals surface area contributed by atoms with Crippen molar-refractivity contribution < 1.29 is 24.2 Å². The minimum Gasteiger partial charge on any atom is -0.480 e. The average molecular weight is 355 g/mol. The molecule has 1 aliphatic rings. The normalized spacial score (nSPS) is 15.9. The Kier molecular flexibility index (Phi) is 5.23. The molecule has 1 aliphatic heterocycles. The van der Waals surface area contributed by atoms with Crippen molar-refractivity contribution in [2.75, 3.05) is 18.5 Å². The predicted octanol–water partition coefficient (Wildman–Crippen LogP) is 3.61. The first-order chi connectivity index (χ1) is 12.5. The Morgan fingerprint density at radius 2 is 1.54 bits per heavy atom. The van der Waals surface area contributed by atoms with Gasteiger partial charge in [-0.3, -0.25) is 9.59 Å². The van der Waals surface area contributed by atoms with E-state index in [1.807, 2.05) is 31.2 Å². The second kappa shape index (κ2) is 7.58. The van der Waals surface area contributed by atoms with Crippen LogP contribution >= 0.6 is 0 Å². The van der Waals surface area contributed by atoms with Crippen molar-refractivity contribution in [1.29, 1.82) is 0 Å². The summed E-state index contributed by atoms with van der Waals surface area (Å²) in [5.74, 6) is -0.275. The molecule has 1 heterocycles. The lowest BCUT2D eigenvalue weighted by molar-refractivity contribution is -0.160. The summed E-state index contributed by atoms with van der Waals surface area (Å²) >= 11 is 0. The van der Waals surface area contributed by atoms with Gasteiger partial charge in [0.2, 0.25) is 5.91 Å². The number of hydrogen-bond acceptors (Lipinski definition) is 4. The van der Waals surface area contributed by atoms with Gasteiger partial charge in [0, 0.05) is 18.9 Å². The molecule has 0 bridgehead atoms. The largest absolute Gasteiger partial charge is 0.480 e. The van der Waals surface area contributed by atoms with E-state index in [1.54, 1.807) is 24.3 Å². The van der Waals surface area contributed by atoms with Gasteiger partial charge in [-0.05, 0) is 56.2 Å². The number of rotatable bonds is 5. The van der Waals surface area contributed by atoms with Gasteiger partial charge in [-0.15, -0.1) is 0 Å². The average Bonchev–Trinajstić information content (AvgIpc) is 2.65. The van der Waals surface area contributed by atoms with Crippen molar-refractivity contribution in [1.82, 2.24) is 0 Å². The predicted molar refractivity (Wildman–Crippen MR) is 96.4 cm³/mol. The Hall–Kier alpha value is -2.86. The van der Waals surface area contributed by atoms with Gasteiger partial charge >= 0.3 is 5.97 Å². The second-order valence-corrected chi connectivity index (χ2v) is 6.39. The number of ether oxygens (including phenoxy) is 2. The number of aryl methyl sites for hydroxylation is 1. The lowest BCUT2D eigenvalue weighted by Crippen LogP contribution is -2.47. The van der Waals surface area contributed by atoms with Crippen LogP contribution in [0.5, 0.6) is 11.5 Å². The molecule has 0 atom stereocenters. The van der Waals surface area contributed by atoms with Crippen molar-refractivity contribution in [2.24, 2.45) is 5.41 Å². The molecule has 0 unspecified atom stereocenters. The molecule has 1 amide bonds. The fraction of sp³-hybridized carbons (Fsp3) is 0.300. The molecule has 2 aromatic carbocycles. The van der Waals surface area contributed by atoms with Crippen LogP contribution in [0.1, 0.15) is 18.4 Å². The summed E-state index contributed by atoms with van der Waals surface area (Å²) in [6.45, 7) is 2.54. The Bertz CT molecular complexity index is 777. The maximum atomic E-state index is 12.6. The lowest BCUT2D eigenvalue weighted by Gasteiger charge is -2.31. The Balaban J connectivity index is 1.67. The number of carboxylic acid groups (broad SMARTS) is 1. The van der Waals surface area contributed by atoms with Crippen LogP contribution < -0.4 is 10.1 Å². The fourth-order valence-electron chi connectivity index (χ4n) is 2.86. The molecule has 136 valence electrons. The summed E-state index contributed by atoms with van der Waals surface area (Å²) in [5, 5.41) is 12.2. The van der Waals surface area contributed by atoms with Crippen LogP contribution in [0.25, 0.3) is 0 Å². The summed E-state index contributed by atoms with van der Waals surface area (Å²) in [4.78, 5) is 24.2. The number of carbonyl (C=O) groups excluding carboxylic acids is 1.